The number of hydrogen-bond donors (Lipinski definition) is 3. The zero-order valence-corrected chi connectivity index (χ0v) is 16.2. The molecular formula is C21H23N3O2S. The lowest BCUT2D eigenvalue weighted by atomic mass is 10.0. The summed E-state index contributed by atoms with van der Waals surface area (Å²) in [7, 11) is 0. The molecule has 4 N–H and O–H groups in total. The van der Waals surface area contributed by atoms with Crippen LogP contribution in [0.3, 0.4) is 0 Å². The lowest BCUT2D eigenvalue weighted by molar-refractivity contribution is -0.123. The molecule has 0 aliphatic rings. The molecule has 0 saturated heterocycles. The summed E-state index contributed by atoms with van der Waals surface area (Å²) < 4.78 is 0. The third-order valence-electron chi connectivity index (χ3n) is 4.25. The maximum atomic E-state index is 12.3. The van der Waals surface area contributed by atoms with Crippen LogP contribution in [-0.4, -0.2) is 17.9 Å². The largest absolute Gasteiger partial charge is 0.320 e. The first-order valence-electron chi connectivity index (χ1n) is 8.89. The predicted molar refractivity (Wildman–Crippen MR) is 110 cm³/mol. The summed E-state index contributed by atoms with van der Waals surface area (Å²) in [4.78, 5) is 25.8. The number of benzene rings is 2. The van der Waals surface area contributed by atoms with Gasteiger partial charge in [-0.1, -0.05) is 56.3 Å². The molecule has 140 valence electrons. The number of fused-ring (bicyclic) bond motifs is 1. The first kappa shape index (κ1) is 19.1. The zero-order chi connectivity index (χ0) is 19.4. The van der Waals surface area contributed by atoms with E-state index >= 15 is 0 Å². The van der Waals surface area contributed by atoms with E-state index in [-0.39, 0.29) is 11.8 Å². The van der Waals surface area contributed by atoms with Crippen LogP contribution in [0.1, 0.15) is 29.9 Å². The van der Waals surface area contributed by atoms with Gasteiger partial charge in [-0.3, -0.25) is 20.4 Å². The number of hydrazine groups is 1. The van der Waals surface area contributed by atoms with Crippen molar-refractivity contribution >= 4 is 33.9 Å². The van der Waals surface area contributed by atoms with Gasteiger partial charge in [-0.25, -0.2) is 0 Å². The second-order valence-electron chi connectivity index (χ2n) is 6.87. The van der Waals surface area contributed by atoms with Gasteiger partial charge < -0.3 is 5.73 Å². The quantitative estimate of drug-likeness (QED) is 0.589. The Morgan fingerprint density at radius 3 is 2.52 bits per heavy atom. The Balaban J connectivity index is 1.70. The zero-order valence-electron chi connectivity index (χ0n) is 15.4. The molecule has 0 aliphatic heterocycles. The standard InChI is InChI=1S/C21H23N3O2S/c1-13(2)12-17(22)20(25)23-24-21(26)19-11-10-18(27-19)16-9-5-7-14-6-3-4-8-15(14)16/h3-11,13,17H,12,22H2,1-2H3,(H,23,25)(H,24,26)/t17-/m0/s1. The van der Waals surface area contributed by atoms with E-state index in [1.807, 2.05) is 44.2 Å². The average Bonchev–Trinajstić information content (AvgIpc) is 3.14. The molecule has 0 fully saturated rings. The first-order valence-corrected chi connectivity index (χ1v) is 9.71. The van der Waals surface area contributed by atoms with Gasteiger partial charge in [-0.15, -0.1) is 11.3 Å². The van der Waals surface area contributed by atoms with E-state index < -0.39 is 6.04 Å². The van der Waals surface area contributed by atoms with Crippen LogP contribution < -0.4 is 16.6 Å². The fraction of sp³-hybridized carbons (Fsp3) is 0.238. The molecule has 0 radical (unpaired) electrons. The van der Waals surface area contributed by atoms with E-state index in [1.165, 1.54) is 11.3 Å². The smallest absolute Gasteiger partial charge is 0.279 e. The van der Waals surface area contributed by atoms with Gasteiger partial charge in [0.05, 0.1) is 10.9 Å². The van der Waals surface area contributed by atoms with Gasteiger partial charge in [-0.05, 0) is 40.8 Å². The molecule has 3 rings (SSSR count). The average molecular weight is 382 g/mol. The van der Waals surface area contributed by atoms with Crippen LogP contribution in [0.4, 0.5) is 0 Å². The highest BCUT2D eigenvalue weighted by atomic mass is 32.1. The van der Waals surface area contributed by atoms with Gasteiger partial charge in [0, 0.05) is 4.88 Å². The SMILES string of the molecule is CC(C)C[C@H](N)C(=O)NNC(=O)c1ccc(-c2cccc3ccccc23)s1. The van der Waals surface area contributed by atoms with Crippen LogP contribution >= 0.6 is 11.3 Å². The van der Waals surface area contributed by atoms with Gasteiger partial charge in [0.1, 0.15) is 0 Å². The van der Waals surface area contributed by atoms with Gasteiger partial charge in [0.25, 0.3) is 11.8 Å². The van der Waals surface area contributed by atoms with E-state index in [2.05, 4.69) is 29.1 Å². The maximum Gasteiger partial charge on any atom is 0.279 e. The van der Waals surface area contributed by atoms with E-state index in [0.717, 1.165) is 21.2 Å². The van der Waals surface area contributed by atoms with Crippen LogP contribution in [0.2, 0.25) is 0 Å². The van der Waals surface area contributed by atoms with Crippen LogP contribution in [-0.2, 0) is 4.79 Å². The van der Waals surface area contributed by atoms with Crippen molar-refractivity contribution in [1.29, 1.82) is 0 Å². The maximum absolute atomic E-state index is 12.3. The van der Waals surface area contributed by atoms with Crippen molar-refractivity contribution in [2.75, 3.05) is 0 Å². The third-order valence-corrected chi connectivity index (χ3v) is 5.36. The molecule has 1 aromatic heterocycles. The molecule has 1 heterocycles. The number of carbonyl (C=O) groups excluding carboxylic acids is 2. The van der Waals surface area contributed by atoms with Crippen LogP contribution in [0, 0.1) is 5.92 Å². The van der Waals surface area contributed by atoms with Crippen molar-refractivity contribution in [2.24, 2.45) is 11.7 Å². The van der Waals surface area contributed by atoms with Crippen molar-refractivity contribution in [3.05, 3.63) is 59.5 Å². The van der Waals surface area contributed by atoms with E-state index in [9.17, 15) is 9.59 Å². The molecule has 1 atom stereocenters. The van der Waals surface area contributed by atoms with Crippen LogP contribution in [0.5, 0.6) is 0 Å². The summed E-state index contributed by atoms with van der Waals surface area (Å²) >= 11 is 1.39. The minimum atomic E-state index is -0.639. The first-order chi connectivity index (χ1) is 13.0. The highest BCUT2D eigenvalue weighted by Gasteiger charge is 2.17. The van der Waals surface area contributed by atoms with Crippen molar-refractivity contribution in [3.8, 4) is 10.4 Å². The number of carbonyl (C=O) groups is 2. The molecule has 0 spiro atoms. The molecule has 0 unspecified atom stereocenters. The fourth-order valence-corrected chi connectivity index (χ4v) is 3.87. The number of amides is 2. The number of nitrogens with one attached hydrogen (secondary N) is 2. The number of nitrogens with two attached hydrogens (primary N) is 1. The Morgan fingerprint density at radius 1 is 1.00 bits per heavy atom. The second kappa shape index (κ2) is 8.33. The summed E-state index contributed by atoms with van der Waals surface area (Å²) in [5, 5.41) is 2.29. The normalized spacial score (nSPS) is 12.1. The summed E-state index contributed by atoms with van der Waals surface area (Å²) in [6.45, 7) is 3.98. The molecule has 2 aromatic carbocycles. The monoisotopic (exact) mass is 381 g/mol. The van der Waals surface area contributed by atoms with Crippen LogP contribution in [0.15, 0.2) is 54.6 Å². The Kier molecular flexibility index (Phi) is 5.88. The molecule has 0 saturated carbocycles. The lowest BCUT2D eigenvalue weighted by Crippen LogP contribution is -2.49. The van der Waals surface area contributed by atoms with Crippen molar-refractivity contribution in [1.82, 2.24) is 10.9 Å². The van der Waals surface area contributed by atoms with Gasteiger partial charge >= 0.3 is 0 Å². The highest BCUT2D eigenvalue weighted by molar-refractivity contribution is 7.17. The van der Waals surface area contributed by atoms with Gasteiger partial charge in [0.15, 0.2) is 0 Å². The van der Waals surface area contributed by atoms with Crippen molar-refractivity contribution < 1.29 is 9.59 Å². The van der Waals surface area contributed by atoms with E-state index in [0.29, 0.717) is 17.2 Å². The number of thiophene rings is 1. The predicted octanol–water partition coefficient (Wildman–Crippen LogP) is 3.70. The molecule has 2 amide bonds. The highest BCUT2D eigenvalue weighted by Crippen LogP contribution is 2.33. The van der Waals surface area contributed by atoms with Gasteiger partial charge in [-0.2, -0.15) is 0 Å². The summed E-state index contributed by atoms with van der Waals surface area (Å²) in [5.74, 6) is -0.429. The van der Waals surface area contributed by atoms with Crippen molar-refractivity contribution in [3.63, 3.8) is 0 Å². The Hall–Kier alpha value is -2.70. The molecule has 0 bridgehead atoms. The molecule has 0 aliphatic carbocycles. The Bertz CT molecular complexity index is 959. The summed E-state index contributed by atoms with van der Waals surface area (Å²) in [6.07, 6.45) is 0.561. The topological polar surface area (TPSA) is 84.2 Å². The summed E-state index contributed by atoms with van der Waals surface area (Å²) in [6, 6.07) is 17.3. The Labute approximate surface area is 162 Å². The fourth-order valence-electron chi connectivity index (χ4n) is 2.93. The Morgan fingerprint density at radius 2 is 1.74 bits per heavy atom. The third kappa shape index (κ3) is 4.53. The minimum Gasteiger partial charge on any atom is -0.320 e. The second-order valence-corrected chi connectivity index (χ2v) is 7.95. The summed E-state index contributed by atoms with van der Waals surface area (Å²) in [5.41, 5.74) is 11.8. The van der Waals surface area contributed by atoms with E-state index in [4.69, 9.17) is 5.73 Å². The molecule has 5 nitrogen and oxygen atoms in total. The van der Waals surface area contributed by atoms with Crippen molar-refractivity contribution in [2.45, 2.75) is 26.3 Å². The minimum absolute atomic E-state index is 0.307. The molecule has 3 aromatic rings. The number of hydrogen-bond acceptors (Lipinski definition) is 4. The lowest BCUT2D eigenvalue weighted by Gasteiger charge is -2.14. The van der Waals surface area contributed by atoms with E-state index in [1.54, 1.807) is 6.07 Å². The molecule has 27 heavy (non-hydrogen) atoms. The molecular weight excluding hydrogens is 358 g/mol. The van der Waals surface area contributed by atoms with Crippen LogP contribution in [0.25, 0.3) is 21.2 Å². The number of rotatable bonds is 5. The van der Waals surface area contributed by atoms with Gasteiger partial charge in [0.2, 0.25) is 0 Å². The molecule has 6 heteroatoms.